The van der Waals surface area contributed by atoms with Gasteiger partial charge in [0.25, 0.3) is 5.69 Å². The molecule has 3 rings (SSSR count). The molecule has 1 aliphatic rings. The second-order valence-corrected chi connectivity index (χ2v) is 8.51. The summed E-state index contributed by atoms with van der Waals surface area (Å²) in [5.41, 5.74) is 0.0340. The number of carbonyl (C=O) groups excluding carboxylic acids is 1. The van der Waals surface area contributed by atoms with E-state index in [4.69, 9.17) is 4.74 Å². The van der Waals surface area contributed by atoms with Crippen molar-refractivity contribution in [3.8, 4) is 6.07 Å². The number of nitriles is 1. The third-order valence-electron chi connectivity index (χ3n) is 4.72. The van der Waals surface area contributed by atoms with Gasteiger partial charge in [0.15, 0.2) is 0 Å². The number of nitrogens with zero attached hydrogens (tertiary/aromatic N) is 5. The Morgan fingerprint density at radius 3 is 2.45 bits per heavy atom. The van der Waals surface area contributed by atoms with Crippen molar-refractivity contribution in [2.45, 2.75) is 11.8 Å². The van der Waals surface area contributed by atoms with Crippen LogP contribution in [0.15, 0.2) is 41.4 Å². The summed E-state index contributed by atoms with van der Waals surface area (Å²) in [5.74, 6) is -0.243. The minimum absolute atomic E-state index is 0.0556. The molecule has 1 aromatic carbocycles. The molecule has 2 aromatic rings. The average Bonchev–Trinajstić information content (AvgIpc) is 2.79. The molecule has 0 saturated carbocycles. The van der Waals surface area contributed by atoms with Crippen LogP contribution in [0.4, 0.5) is 11.5 Å². The number of rotatable bonds is 6. The number of ether oxygens (including phenoxy) is 1. The zero-order valence-corrected chi connectivity index (χ0v) is 17.4. The van der Waals surface area contributed by atoms with Crippen molar-refractivity contribution in [2.75, 3.05) is 37.7 Å². The average molecular weight is 445 g/mol. The predicted molar refractivity (Wildman–Crippen MR) is 109 cm³/mol. The number of carbonyl (C=O) groups is 1. The number of pyridine rings is 1. The number of piperazine rings is 1. The molecule has 0 bridgehead atoms. The van der Waals surface area contributed by atoms with Crippen molar-refractivity contribution in [2.24, 2.45) is 0 Å². The summed E-state index contributed by atoms with van der Waals surface area (Å²) in [7, 11) is -3.78. The van der Waals surface area contributed by atoms with Crippen LogP contribution in [0.25, 0.3) is 0 Å². The quantitative estimate of drug-likeness (QED) is 0.367. The monoisotopic (exact) mass is 445 g/mol. The lowest BCUT2D eigenvalue weighted by atomic mass is 10.2. The van der Waals surface area contributed by atoms with E-state index >= 15 is 0 Å². The molecule has 31 heavy (non-hydrogen) atoms. The van der Waals surface area contributed by atoms with E-state index in [9.17, 15) is 28.6 Å². The van der Waals surface area contributed by atoms with Crippen LogP contribution in [0.1, 0.15) is 22.8 Å². The number of anilines is 1. The van der Waals surface area contributed by atoms with Crippen LogP contribution in [0.5, 0.6) is 0 Å². The first-order chi connectivity index (χ1) is 14.8. The maximum atomic E-state index is 12.9. The van der Waals surface area contributed by atoms with Crippen LogP contribution in [0.2, 0.25) is 0 Å². The van der Waals surface area contributed by atoms with Gasteiger partial charge in [0, 0.05) is 32.2 Å². The lowest BCUT2D eigenvalue weighted by Gasteiger charge is -2.34. The fraction of sp³-hybridized carbons (Fsp3) is 0.316. The van der Waals surface area contributed by atoms with E-state index in [1.807, 2.05) is 6.07 Å². The number of aromatic nitrogens is 1. The van der Waals surface area contributed by atoms with Gasteiger partial charge in [-0.1, -0.05) is 0 Å². The van der Waals surface area contributed by atoms with Gasteiger partial charge >= 0.3 is 5.97 Å². The Balaban J connectivity index is 1.72. The highest BCUT2D eigenvalue weighted by Gasteiger charge is 2.30. The Bertz CT molecular complexity index is 1140. The first-order valence-corrected chi connectivity index (χ1v) is 10.8. The molecule has 0 amide bonds. The Morgan fingerprint density at radius 1 is 1.26 bits per heavy atom. The van der Waals surface area contributed by atoms with E-state index in [0.29, 0.717) is 0 Å². The number of hydrogen-bond donors (Lipinski definition) is 0. The van der Waals surface area contributed by atoms with E-state index in [2.05, 4.69) is 4.98 Å². The highest BCUT2D eigenvalue weighted by atomic mass is 32.2. The summed E-state index contributed by atoms with van der Waals surface area (Å²) < 4.78 is 32.1. The topological polar surface area (TPSA) is 147 Å². The minimum Gasteiger partial charge on any atom is -0.462 e. The molecule has 0 spiro atoms. The molecule has 12 heteroatoms. The maximum absolute atomic E-state index is 12.9. The van der Waals surface area contributed by atoms with Crippen molar-refractivity contribution in [1.29, 1.82) is 5.26 Å². The molecule has 162 valence electrons. The van der Waals surface area contributed by atoms with Gasteiger partial charge in [-0.2, -0.15) is 9.57 Å². The van der Waals surface area contributed by atoms with Crippen LogP contribution >= 0.6 is 0 Å². The third-order valence-corrected chi connectivity index (χ3v) is 6.64. The van der Waals surface area contributed by atoms with E-state index < -0.39 is 20.9 Å². The number of hydrogen-bond acceptors (Lipinski definition) is 9. The van der Waals surface area contributed by atoms with Crippen molar-refractivity contribution in [1.82, 2.24) is 9.29 Å². The lowest BCUT2D eigenvalue weighted by Crippen LogP contribution is -2.49. The SMILES string of the molecule is CCOC(=O)c1ccc(S(=O)(=O)N2CCN(c3ncc([N+](=O)[O-])cc3C#N)CC2)cc1. The molecule has 0 N–H and O–H groups in total. The summed E-state index contributed by atoms with van der Waals surface area (Å²) in [4.78, 5) is 27.8. The summed E-state index contributed by atoms with van der Waals surface area (Å²) in [5, 5.41) is 20.2. The number of esters is 1. The fourth-order valence-electron chi connectivity index (χ4n) is 3.15. The molecule has 0 atom stereocenters. The standard InChI is InChI=1S/C19H19N5O6S/c1-2-30-19(25)14-3-5-17(6-4-14)31(28,29)23-9-7-22(8-10-23)18-15(12-20)11-16(13-21-18)24(26)27/h3-6,11,13H,2,7-10H2,1H3. The molecule has 11 nitrogen and oxygen atoms in total. The lowest BCUT2D eigenvalue weighted by molar-refractivity contribution is -0.385. The molecule has 1 aliphatic heterocycles. The largest absolute Gasteiger partial charge is 0.462 e. The molecular formula is C19H19N5O6S. The second kappa shape index (κ2) is 9.07. The van der Waals surface area contributed by atoms with Gasteiger partial charge in [-0.25, -0.2) is 18.2 Å². The van der Waals surface area contributed by atoms with Gasteiger partial charge in [0.05, 0.1) is 22.0 Å². The number of sulfonamides is 1. The Morgan fingerprint density at radius 2 is 1.90 bits per heavy atom. The summed E-state index contributed by atoms with van der Waals surface area (Å²) in [6, 6.07) is 8.58. The van der Waals surface area contributed by atoms with Gasteiger partial charge in [-0.15, -0.1) is 0 Å². The second-order valence-electron chi connectivity index (χ2n) is 6.57. The normalized spacial score (nSPS) is 14.6. The van der Waals surface area contributed by atoms with Crippen LogP contribution < -0.4 is 4.90 Å². The van der Waals surface area contributed by atoms with Crippen molar-refractivity contribution in [3.05, 3.63) is 57.8 Å². The predicted octanol–water partition coefficient (Wildman–Crippen LogP) is 1.55. The first-order valence-electron chi connectivity index (χ1n) is 9.34. The maximum Gasteiger partial charge on any atom is 0.338 e. The third kappa shape index (κ3) is 4.62. The van der Waals surface area contributed by atoms with E-state index in [0.717, 1.165) is 12.3 Å². The van der Waals surface area contributed by atoms with Gasteiger partial charge in [-0.05, 0) is 31.2 Å². The van der Waals surface area contributed by atoms with E-state index in [-0.39, 0.29) is 60.3 Å². The Hall–Kier alpha value is -3.56. The van der Waals surface area contributed by atoms with Crippen LogP contribution in [-0.2, 0) is 14.8 Å². The zero-order valence-electron chi connectivity index (χ0n) is 16.6. The van der Waals surface area contributed by atoms with E-state index in [1.54, 1.807) is 11.8 Å². The van der Waals surface area contributed by atoms with Crippen LogP contribution in [0.3, 0.4) is 0 Å². The van der Waals surface area contributed by atoms with Crippen LogP contribution in [0, 0.1) is 21.4 Å². The molecule has 0 aliphatic carbocycles. The van der Waals surface area contributed by atoms with Crippen LogP contribution in [-0.4, -0.2) is 61.4 Å². The number of nitro groups is 1. The number of benzene rings is 1. The molecule has 0 unspecified atom stereocenters. The zero-order chi connectivity index (χ0) is 22.6. The van der Waals surface area contributed by atoms with E-state index in [1.165, 1.54) is 28.6 Å². The molecular weight excluding hydrogens is 426 g/mol. The van der Waals surface area contributed by atoms with Crippen molar-refractivity contribution in [3.63, 3.8) is 0 Å². The van der Waals surface area contributed by atoms with Gasteiger partial charge in [0.1, 0.15) is 23.6 Å². The minimum atomic E-state index is -3.78. The molecule has 1 aromatic heterocycles. The van der Waals surface area contributed by atoms with Crippen molar-refractivity contribution >= 4 is 27.5 Å². The summed E-state index contributed by atoms with van der Waals surface area (Å²) in [6.45, 7) is 2.72. The van der Waals surface area contributed by atoms with Gasteiger partial charge in [-0.3, -0.25) is 10.1 Å². The smallest absolute Gasteiger partial charge is 0.338 e. The van der Waals surface area contributed by atoms with Crippen molar-refractivity contribution < 1.29 is 22.9 Å². The highest BCUT2D eigenvalue weighted by Crippen LogP contribution is 2.25. The molecule has 2 heterocycles. The molecule has 0 radical (unpaired) electrons. The van der Waals surface area contributed by atoms with Gasteiger partial charge < -0.3 is 9.64 Å². The molecule has 1 fully saturated rings. The summed E-state index contributed by atoms with van der Waals surface area (Å²) in [6.07, 6.45) is 1.07. The first kappa shape index (κ1) is 22.1. The highest BCUT2D eigenvalue weighted by molar-refractivity contribution is 7.89. The van der Waals surface area contributed by atoms with Gasteiger partial charge in [0.2, 0.25) is 10.0 Å². The Labute approximate surface area is 178 Å². The fourth-order valence-corrected chi connectivity index (χ4v) is 4.57. The molecule has 1 saturated heterocycles. The summed E-state index contributed by atoms with van der Waals surface area (Å²) >= 11 is 0. The Kier molecular flexibility index (Phi) is 6.47.